The Balaban J connectivity index is 1.41. The lowest BCUT2D eigenvalue weighted by Crippen LogP contribution is -2.49. The number of nitrogens with zero attached hydrogens (tertiary/aromatic N) is 3. The summed E-state index contributed by atoms with van der Waals surface area (Å²) in [6.07, 6.45) is 8.95. The van der Waals surface area contributed by atoms with Gasteiger partial charge >= 0.3 is 0 Å². The van der Waals surface area contributed by atoms with Gasteiger partial charge in [-0.15, -0.1) is 0 Å². The van der Waals surface area contributed by atoms with E-state index in [9.17, 15) is 18.0 Å². The predicted octanol–water partition coefficient (Wildman–Crippen LogP) is 3.38. The van der Waals surface area contributed by atoms with Gasteiger partial charge in [0.25, 0.3) is 5.91 Å². The molecule has 0 spiro atoms. The molecule has 1 unspecified atom stereocenters. The summed E-state index contributed by atoms with van der Waals surface area (Å²) in [4.78, 5) is 29.7. The molecule has 0 bridgehead atoms. The molecule has 3 aliphatic rings. The van der Waals surface area contributed by atoms with E-state index in [1.54, 1.807) is 6.07 Å². The Bertz CT molecular complexity index is 1080. The second kappa shape index (κ2) is 12.8. The van der Waals surface area contributed by atoms with Gasteiger partial charge < -0.3 is 10.1 Å². The third-order valence-electron chi connectivity index (χ3n) is 8.45. The number of ether oxygens (including phenoxy) is 1. The van der Waals surface area contributed by atoms with Gasteiger partial charge in [0, 0.05) is 38.3 Å². The van der Waals surface area contributed by atoms with Crippen LogP contribution in [0.3, 0.4) is 0 Å². The second-order valence-electron chi connectivity index (χ2n) is 11.1. The molecule has 38 heavy (non-hydrogen) atoms. The molecule has 1 saturated carbocycles. The van der Waals surface area contributed by atoms with Gasteiger partial charge in [0.05, 0.1) is 10.6 Å². The lowest BCUT2D eigenvalue weighted by atomic mass is 9.93. The van der Waals surface area contributed by atoms with E-state index in [1.165, 1.54) is 53.4 Å². The molecule has 0 radical (unpaired) electrons. The van der Waals surface area contributed by atoms with Crippen molar-refractivity contribution in [1.82, 2.24) is 14.5 Å². The van der Waals surface area contributed by atoms with Crippen LogP contribution in [-0.4, -0.2) is 80.9 Å². The maximum absolute atomic E-state index is 13.3. The highest BCUT2D eigenvalue weighted by Crippen LogP contribution is 2.35. The van der Waals surface area contributed by atoms with Gasteiger partial charge in [-0.2, -0.15) is 4.31 Å². The molecule has 1 atom stereocenters. The van der Waals surface area contributed by atoms with Gasteiger partial charge in [-0.25, -0.2) is 8.42 Å². The first-order valence-electron chi connectivity index (χ1n) is 14.3. The van der Waals surface area contributed by atoms with Gasteiger partial charge in [0.15, 0.2) is 6.61 Å². The minimum absolute atomic E-state index is 0.117. The fraction of sp³-hybridized carbons (Fsp3) is 0.714. The second-order valence-corrected chi connectivity index (χ2v) is 13.1. The number of nitrogens with one attached hydrogen (secondary N) is 1. The van der Waals surface area contributed by atoms with Gasteiger partial charge in [0.1, 0.15) is 12.3 Å². The standard InChI is InChI=1S/C28H44N4O5S/c1-4-22(3)31(23-8-6-5-7-9-23)17-14-29-27(33)19-32-25-18-24(10-11-26(25)37-20-28(32)34)38(35,36)30-15-12-21(2)13-16-30/h10-11,18,21-23H,4-9,12-17,19-20H2,1-3H3,(H,29,33). The Morgan fingerprint density at radius 2 is 1.87 bits per heavy atom. The van der Waals surface area contributed by atoms with E-state index in [1.807, 2.05) is 0 Å². The number of benzene rings is 1. The highest BCUT2D eigenvalue weighted by Gasteiger charge is 2.33. The molecule has 2 heterocycles. The number of hydrogen-bond donors (Lipinski definition) is 1. The van der Waals surface area contributed by atoms with Crippen LogP contribution >= 0.6 is 0 Å². The monoisotopic (exact) mass is 548 g/mol. The van der Waals surface area contributed by atoms with Gasteiger partial charge in [-0.05, 0) is 63.1 Å². The highest BCUT2D eigenvalue weighted by atomic mass is 32.2. The molecule has 9 nitrogen and oxygen atoms in total. The molecule has 1 saturated heterocycles. The van der Waals surface area contributed by atoms with Crippen LogP contribution in [0.1, 0.15) is 72.1 Å². The van der Waals surface area contributed by atoms with Crippen LogP contribution in [0.5, 0.6) is 5.75 Å². The van der Waals surface area contributed by atoms with Crippen molar-refractivity contribution < 1.29 is 22.7 Å². The number of rotatable bonds is 10. The maximum atomic E-state index is 13.3. The molecular formula is C28H44N4O5S. The topological polar surface area (TPSA) is 99.3 Å². The van der Waals surface area contributed by atoms with E-state index < -0.39 is 10.0 Å². The number of amides is 2. The number of hydrogen-bond acceptors (Lipinski definition) is 6. The summed E-state index contributed by atoms with van der Waals surface area (Å²) in [6, 6.07) is 5.59. The fourth-order valence-electron chi connectivity index (χ4n) is 5.82. The molecule has 4 rings (SSSR count). The molecule has 0 aromatic heterocycles. The first kappa shape index (κ1) is 28.8. The van der Waals surface area contributed by atoms with E-state index >= 15 is 0 Å². The Kier molecular flexibility index (Phi) is 9.70. The molecule has 1 N–H and O–H groups in total. The van der Waals surface area contributed by atoms with Crippen molar-refractivity contribution >= 4 is 27.5 Å². The molecular weight excluding hydrogens is 504 g/mol. The summed E-state index contributed by atoms with van der Waals surface area (Å²) in [5.74, 6) is 0.281. The van der Waals surface area contributed by atoms with E-state index in [2.05, 4.69) is 31.0 Å². The quantitative estimate of drug-likeness (QED) is 0.481. The number of carbonyl (C=O) groups is 2. The van der Waals surface area contributed by atoms with E-state index in [0.717, 1.165) is 25.8 Å². The van der Waals surface area contributed by atoms with Crippen LogP contribution in [0.15, 0.2) is 23.1 Å². The predicted molar refractivity (Wildman–Crippen MR) is 148 cm³/mol. The number of fused-ring (bicyclic) bond motifs is 1. The normalized spacial score (nSPS) is 20.7. The van der Waals surface area contributed by atoms with Crippen molar-refractivity contribution in [2.75, 3.05) is 44.2 Å². The van der Waals surface area contributed by atoms with Gasteiger partial charge in [-0.1, -0.05) is 33.1 Å². The maximum Gasteiger partial charge on any atom is 0.265 e. The van der Waals surface area contributed by atoms with Crippen LogP contribution in [0.4, 0.5) is 5.69 Å². The van der Waals surface area contributed by atoms with E-state index in [0.29, 0.717) is 49.1 Å². The number of carbonyl (C=O) groups excluding carboxylic acids is 2. The molecule has 2 aliphatic heterocycles. The first-order chi connectivity index (χ1) is 18.2. The largest absolute Gasteiger partial charge is 0.482 e. The van der Waals surface area contributed by atoms with E-state index in [4.69, 9.17) is 4.74 Å². The third kappa shape index (κ3) is 6.69. The van der Waals surface area contributed by atoms with Crippen LogP contribution < -0.4 is 15.0 Å². The van der Waals surface area contributed by atoms with Crippen LogP contribution in [0, 0.1) is 5.92 Å². The molecule has 212 valence electrons. The smallest absolute Gasteiger partial charge is 0.265 e. The zero-order valence-corrected chi connectivity index (χ0v) is 24.0. The summed E-state index contributed by atoms with van der Waals surface area (Å²) in [6.45, 7) is 8.46. The number of piperidine rings is 1. The molecule has 10 heteroatoms. The van der Waals surface area contributed by atoms with Crippen molar-refractivity contribution in [3.8, 4) is 5.75 Å². The zero-order chi connectivity index (χ0) is 27.3. The Labute approximate surface area is 227 Å². The Morgan fingerprint density at radius 3 is 2.55 bits per heavy atom. The van der Waals surface area contributed by atoms with Gasteiger partial charge in [0.2, 0.25) is 15.9 Å². The summed E-state index contributed by atoms with van der Waals surface area (Å²) in [7, 11) is -3.70. The zero-order valence-electron chi connectivity index (χ0n) is 23.2. The van der Waals surface area contributed by atoms with Crippen LogP contribution in [0.2, 0.25) is 0 Å². The molecule has 1 aromatic carbocycles. The fourth-order valence-corrected chi connectivity index (χ4v) is 7.31. The average Bonchev–Trinajstić information content (AvgIpc) is 2.92. The number of anilines is 1. The Hall–Kier alpha value is -2.17. The first-order valence-corrected chi connectivity index (χ1v) is 15.7. The average molecular weight is 549 g/mol. The molecule has 1 aromatic rings. The van der Waals surface area contributed by atoms with Crippen LogP contribution in [-0.2, 0) is 19.6 Å². The Morgan fingerprint density at radius 1 is 1.16 bits per heavy atom. The summed E-state index contributed by atoms with van der Waals surface area (Å²) < 4.78 is 33.7. The highest BCUT2D eigenvalue weighted by molar-refractivity contribution is 7.89. The van der Waals surface area contributed by atoms with Crippen molar-refractivity contribution in [3.05, 3.63) is 18.2 Å². The third-order valence-corrected chi connectivity index (χ3v) is 10.3. The summed E-state index contributed by atoms with van der Waals surface area (Å²) >= 11 is 0. The lowest BCUT2D eigenvalue weighted by molar-refractivity contribution is -0.125. The van der Waals surface area contributed by atoms with Crippen molar-refractivity contribution in [3.63, 3.8) is 0 Å². The SMILES string of the molecule is CCC(C)N(CCNC(=O)CN1C(=O)COc2ccc(S(=O)(=O)N3CCC(C)CC3)cc21)C1CCCCC1. The van der Waals surface area contributed by atoms with Gasteiger partial charge in [-0.3, -0.25) is 19.4 Å². The summed E-state index contributed by atoms with van der Waals surface area (Å²) in [5, 5.41) is 2.99. The minimum atomic E-state index is -3.70. The minimum Gasteiger partial charge on any atom is -0.482 e. The molecule has 1 aliphatic carbocycles. The van der Waals surface area contributed by atoms with Crippen molar-refractivity contribution in [1.29, 1.82) is 0 Å². The van der Waals surface area contributed by atoms with Crippen molar-refractivity contribution in [2.45, 2.75) is 89.1 Å². The summed E-state index contributed by atoms with van der Waals surface area (Å²) in [5.41, 5.74) is 0.325. The number of sulfonamides is 1. The van der Waals surface area contributed by atoms with Crippen molar-refractivity contribution in [2.24, 2.45) is 5.92 Å². The molecule has 2 fully saturated rings. The lowest BCUT2D eigenvalue weighted by Gasteiger charge is -2.38. The molecule has 2 amide bonds. The van der Waals surface area contributed by atoms with E-state index in [-0.39, 0.29) is 29.9 Å². The van der Waals surface area contributed by atoms with Crippen LogP contribution in [0.25, 0.3) is 0 Å².